The average Bonchev–Trinajstić information content (AvgIpc) is 2.51. The second kappa shape index (κ2) is 5.17. The Hall–Kier alpha value is -2.62. The van der Waals surface area contributed by atoms with Gasteiger partial charge < -0.3 is 10.1 Å². The average molecular weight is 267 g/mol. The molecule has 100 valence electrons. The van der Waals surface area contributed by atoms with Crippen LogP contribution in [0.3, 0.4) is 0 Å². The molecule has 0 radical (unpaired) electrons. The van der Waals surface area contributed by atoms with Crippen molar-refractivity contribution in [2.45, 2.75) is 12.1 Å². The van der Waals surface area contributed by atoms with Gasteiger partial charge in [0.15, 0.2) is 0 Å². The van der Waals surface area contributed by atoms with Gasteiger partial charge in [0.1, 0.15) is 6.04 Å². The zero-order valence-electron chi connectivity index (χ0n) is 10.7. The Morgan fingerprint density at radius 2 is 1.55 bits per heavy atom. The first kappa shape index (κ1) is 12.4. The second-order valence-corrected chi connectivity index (χ2v) is 4.59. The summed E-state index contributed by atoms with van der Waals surface area (Å²) < 4.78 is 5.30. The summed E-state index contributed by atoms with van der Waals surface area (Å²) in [5, 5.41) is 2.75. The van der Waals surface area contributed by atoms with Gasteiger partial charge in [-0.1, -0.05) is 48.5 Å². The van der Waals surface area contributed by atoms with Crippen molar-refractivity contribution in [1.29, 1.82) is 0 Å². The molecule has 1 aliphatic heterocycles. The molecule has 1 saturated heterocycles. The maximum Gasteiger partial charge on any atom is 0.338 e. The van der Waals surface area contributed by atoms with Gasteiger partial charge in [-0.2, -0.15) is 0 Å². The summed E-state index contributed by atoms with van der Waals surface area (Å²) in [4.78, 5) is 23.6. The van der Waals surface area contributed by atoms with Crippen molar-refractivity contribution in [1.82, 2.24) is 5.32 Å². The van der Waals surface area contributed by atoms with Gasteiger partial charge in [0.05, 0.1) is 5.56 Å². The molecule has 1 N–H and O–H groups in total. The minimum atomic E-state index is -0.759. The van der Waals surface area contributed by atoms with Gasteiger partial charge in [-0.25, -0.2) is 4.79 Å². The van der Waals surface area contributed by atoms with Crippen molar-refractivity contribution in [3.05, 3.63) is 71.8 Å². The smallest absolute Gasteiger partial charge is 0.338 e. The van der Waals surface area contributed by atoms with Crippen LogP contribution >= 0.6 is 0 Å². The lowest BCUT2D eigenvalue weighted by Gasteiger charge is -2.36. The molecule has 0 unspecified atom stereocenters. The highest BCUT2D eigenvalue weighted by molar-refractivity contribution is 5.95. The van der Waals surface area contributed by atoms with E-state index in [4.69, 9.17) is 4.74 Å². The van der Waals surface area contributed by atoms with E-state index < -0.39 is 12.1 Å². The number of carbonyl (C=O) groups excluding carboxylic acids is 2. The molecule has 0 spiro atoms. The summed E-state index contributed by atoms with van der Waals surface area (Å²) in [6.07, 6.45) is -0.759. The Balaban J connectivity index is 1.73. The number of hydrogen-bond acceptors (Lipinski definition) is 3. The number of ether oxygens (including phenoxy) is 1. The Morgan fingerprint density at radius 3 is 2.15 bits per heavy atom. The van der Waals surface area contributed by atoms with Gasteiger partial charge in [0.2, 0.25) is 6.10 Å². The van der Waals surface area contributed by atoms with Crippen molar-refractivity contribution >= 4 is 11.9 Å². The number of carbonyl (C=O) groups is 2. The number of benzene rings is 2. The van der Waals surface area contributed by atoms with Crippen LogP contribution in [-0.2, 0) is 9.53 Å². The molecule has 0 aliphatic carbocycles. The third kappa shape index (κ3) is 2.28. The number of amides is 1. The predicted molar refractivity (Wildman–Crippen MR) is 73.0 cm³/mol. The quantitative estimate of drug-likeness (QED) is 0.684. The summed E-state index contributed by atoms with van der Waals surface area (Å²) in [6, 6.07) is 17.9. The molecule has 2 aromatic carbocycles. The van der Waals surface area contributed by atoms with E-state index in [9.17, 15) is 9.59 Å². The van der Waals surface area contributed by atoms with E-state index >= 15 is 0 Å². The van der Waals surface area contributed by atoms with Gasteiger partial charge in [-0.15, -0.1) is 0 Å². The molecule has 0 bridgehead atoms. The van der Waals surface area contributed by atoms with Gasteiger partial charge in [0, 0.05) is 0 Å². The number of β-lactam (4-membered cyclic amide) rings is 1. The molecule has 2 atom stereocenters. The molecule has 1 amide bonds. The lowest BCUT2D eigenvalue weighted by Crippen LogP contribution is -2.57. The maximum atomic E-state index is 12.0. The fourth-order valence-electron chi connectivity index (χ4n) is 2.16. The van der Waals surface area contributed by atoms with Crippen molar-refractivity contribution in [3.8, 4) is 0 Å². The molecule has 4 heteroatoms. The zero-order chi connectivity index (χ0) is 13.9. The Kier molecular flexibility index (Phi) is 3.21. The molecule has 3 rings (SSSR count). The predicted octanol–water partition coefficient (Wildman–Crippen LogP) is 2.08. The fourth-order valence-corrected chi connectivity index (χ4v) is 2.16. The highest BCUT2D eigenvalue weighted by atomic mass is 16.6. The van der Waals surface area contributed by atoms with Gasteiger partial charge in [-0.05, 0) is 17.7 Å². The number of hydrogen-bond donors (Lipinski definition) is 1. The minimum absolute atomic E-state index is 0.261. The molecule has 0 aromatic heterocycles. The van der Waals surface area contributed by atoms with Crippen LogP contribution in [0.1, 0.15) is 22.0 Å². The van der Waals surface area contributed by atoms with Crippen LogP contribution in [0.4, 0.5) is 0 Å². The van der Waals surface area contributed by atoms with Gasteiger partial charge >= 0.3 is 5.97 Å². The molecule has 1 fully saturated rings. The monoisotopic (exact) mass is 267 g/mol. The first-order valence-corrected chi connectivity index (χ1v) is 6.37. The summed E-state index contributed by atoms with van der Waals surface area (Å²) in [6.45, 7) is 0. The van der Waals surface area contributed by atoms with E-state index in [-0.39, 0.29) is 11.9 Å². The van der Waals surface area contributed by atoms with Crippen LogP contribution in [0, 0.1) is 0 Å². The molecular formula is C16H13NO3. The van der Waals surface area contributed by atoms with E-state index in [0.717, 1.165) is 5.56 Å². The van der Waals surface area contributed by atoms with E-state index in [1.807, 2.05) is 36.4 Å². The fraction of sp³-hybridized carbons (Fsp3) is 0.125. The standard InChI is InChI=1S/C16H13NO3/c18-15-14(13(17-15)11-7-3-1-4-8-11)20-16(19)12-9-5-2-6-10-12/h1-10,13-14H,(H,17,18)/t13-,14+/m0/s1. The molecular weight excluding hydrogens is 254 g/mol. The van der Waals surface area contributed by atoms with Crippen molar-refractivity contribution in [2.75, 3.05) is 0 Å². The highest BCUT2D eigenvalue weighted by Gasteiger charge is 2.43. The van der Waals surface area contributed by atoms with Crippen LogP contribution in [-0.4, -0.2) is 18.0 Å². The Morgan fingerprint density at radius 1 is 0.950 bits per heavy atom. The van der Waals surface area contributed by atoms with Crippen molar-refractivity contribution < 1.29 is 14.3 Å². The lowest BCUT2D eigenvalue weighted by molar-refractivity contribution is -0.143. The van der Waals surface area contributed by atoms with Gasteiger partial charge in [-0.3, -0.25) is 4.79 Å². The molecule has 20 heavy (non-hydrogen) atoms. The summed E-state index contributed by atoms with van der Waals surface area (Å²) in [7, 11) is 0. The summed E-state index contributed by atoms with van der Waals surface area (Å²) >= 11 is 0. The number of rotatable bonds is 3. The minimum Gasteiger partial charge on any atom is -0.446 e. The van der Waals surface area contributed by atoms with E-state index in [2.05, 4.69) is 5.32 Å². The largest absolute Gasteiger partial charge is 0.446 e. The number of nitrogens with one attached hydrogen (secondary N) is 1. The molecule has 1 heterocycles. The van der Waals surface area contributed by atoms with Crippen molar-refractivity contribution in [2.24, 2.45) is 0 Å². The van der Waals surface area contributed by atoms with E-state index in [1.165, 1.54) is 0 Å². The zero-order valence-corrected chi connectivity index (χ0v) is 10.7. The highest BCUT2D eigenvalue weighted by Crippen LogP contribution is 2.27. The SMILES string of the molecule is O=C(O[C@H]1C(=O)N[C@H]1c1ccccc1)c1ccccc1. The molecule has 4 nitrogen and oxygen atoms in total. The van der Waals surface area contributed by atoms with E-state index in [1.54, 1.807) is 24.3 Å². The van der Waals surface area contributed by atoms with Gasteiger partial charge in [0.25, 0.3) is 5.91 Å². The number of esters is 1. The summed E-state index contributed by atoms with van der Waals surface area (Å²) in [5.41, 5.74) is 1.37. The third-order valence-electron chi connectivity index (χ3n) is 3.26. The topological polar surface area (TPSA) is 55.4 Å². The normalized spacial score (nSPS) is 20.7. The van der Waals surface area contributed by atoms with Crippen LogP contribution in [0.2, 0.25) is 0 Å². The Bertz CT molecular complexity index is 625. The van der Waals surface area contributed by atoms with E-state index in [0.29, 0.717) is 5.56 Å². The van der Waals surface area contributed by atoms with Crippen molar-refractivity contribution in [3.63, 3.8) is 0 Å². The first-order valence-electron chi connectivity index (χ1n) is 6.37. The van der Waals surface area contributed by atoms with Crippen LogP contribution in [0.5, 0.6) is 0 Å². The molecule has 0 saturated carbocycles. The second-order valence-electron chi connectivity index (χ2n) is 4.59. The molecule has 1 aliphatic rings. The lowest BCUT2D eigenvalue weighted by atomic mass is 9.94. The maximum absolute atomic E-state index is 12.0. The van der Waals surface area contributed by atoms with Crippen LogP contribution < -0.4 is 5.32 Å². The molecule has 2 aromatic rings. The van der Waals surface area contributed by atoms with Crippen LogP contribution in [0.25, 0.3) is 0 Å². The third-order valence-corrected chi connectivity index (χ3v) is 3.26. The van der Waals surface area contributed by atoms with Crippen LogP contribution in [0.15, 0.2) is 60.7 Å². The Labute approximate surface area is 116 Å². The summed E-state index contributed by atoms with van der Waals surface area (Å²) in [5.74, 6) is -0.741. The first-order chi connectivity index (χ1) is 9.75.